The molecule has 4 rings (SSSR count). The topological polar surface area (TPSA) is 0 Å². The van der Waals surface area contributed by atoms with E-state index in [9.17, 15) is 0 Å². The molecule has 0 saturated heterocycles. The van der Waals surface area contributed by atoms with Crippen LogP contribution in [0.3, 0.4) is 0 Å². The van der Waals surface area contributed by atoms with Crippen LogP contribution in [0.5, 0.6) is 0 Å². The summed E-state index contributed by atoms with van der Waals surface area (Å²) in [6.07, 6.45) is 14.4. The molecule has 2 aromatic rings. The molecule has 2 aromatic carbocycles. The van der Waals surface area contributed by atoms with E-state index in [0.717, 1.165) is 11.8 Å². The van der Waals surface area contributed by atoms with Crippen LogP contribution in [0, 0.1) is 0 Å². The molecule has 2 saturated carbocycles. The minimum Gasteiger partial charge on any atom is -1.00 e. The largest absolute Gasteiger partial charge is 4.00 e. The van der Waals surface area contributed by atoms with Crippen molar-refractivity contribution in [1.82, 2.24) is 0 Å². The van der Waals surface area contributed by atoms with Crippen molar-refractivity contribution in [3.05, 3.63) is 59.7 Å². The Morgan fingerprint density at radius 2 is 0.760 bits per heavy atom. The van der Waals surface area contributed by atoms with Gasteiger partial charge in [-0.1, -0.05) is 76.0 Å². The standard InChI is InChI=1S/2C11H15.2ClH.Ti/c2*1-2-6-10(7-3-1)11-8-4-5-9-11;;;/h2*4-5,8-10H,1-3,6-7H2;2*1H;/q2*-1;;;+4/p-2. The van der Waals surface area contributed by atoms with Crippen LogP contribution in [0.25, 0.3) is 0 Å². The van der Waals surface area contributed by atoms with Gasteiger partial charge in [0.2, 0.25) is 0 Å². The summed E-state index contributed by atoms with van der Waals surface area (Å²) < 4.78 is 0. The maximum absolute atomic E-state index is 2.27. The van der Waals surface area contributed by atoms with Crippen molar-refractivity contribution < 1.29 is 46.5 Å². The third-order valence-electron chi connectivity index (χ3n) is 5.53. The average Bonchev–Trinajstić information content (AvgIpc) is 3.31. The van der Waals surface area contributed by atoms with Gasteiger partial charge in [-0.25, -0.2) is 24.3 Å². The summed E-state index contributed by atoms with van der Waals surface area (Å²) in [7, 11) is 0. The number of rotatable bonds is 2. The molecule has 0 bridgehead atoms. The Labute approximate surface area is 181 Å². The van der Waals surface area contributed by atoms with E-state index in [2.05, 4.69) is 48.5 Å². The fraction of sp³-hybridized carbons (Fsp3) is 0.545. The van der Waals surface area contributed by atoms with E-state index in [-0.39, 0.29) is 46.5 Å². The Kier molecular flexibility index (Phi) is 14.1. The van der Waals surface area contributed by atoms with Crippen molar-refractivity contribution >= 4 is 0 Å². The molecule has 0 unspecified atom stereocenters. The van der Waals surface area contributed by atoms with Gasteiger partial charge >= 0.3 is 21.7 Å². The molecule has 3 heteroatoms. The Morgan fingerprint density at radius 1 is 0.480 bits per heavy atom. The molecule has 0 aromatic heterocycles. The van der Waals surface area contributed by atoms with Crippen molar-refractivity contribution in [3.8, 4) is 0 Å². The second-order valence-electron chi connectivity index (χ2n) is 7.11. The molecule has 0 radical (unpaired) electrons. The Hall–Kier alpha value is -0.00571. The number of hydrogen-bond acceptors (Lipinski definition) is 0. The second kappa shape index (κ2) is 14.1. The number of halogens is 2. The van der Waals surface area contributed by atoms with Crippen LogP contribution in [0.2, 0.25) is 0 Å². The van der Waals surface area contributed by atoms with Gasteiger partial charge in [0.15, 0.2) is 0 Å². The van der Waals surface area contributed by atoms with E-state index < -0.39 is 0 Å². The summed E-state index contributed by atoms with van der Waals surface area (Å²) in [5.41, 5.74) is 3.15. The molecule has 2 aliphatic carbocycles. The van der Waals surface area contributed by atoms with E-state index in [1.165, 1.54) is 64.2 Å². The molecule has 0 heterocycles. The van der Waals surface area contributed by atoms with Crippen LogP contribution in [-0.2, 0) is 21.7 Å². The van der Waals surface area contributed by atoms with Gasteiger partial charge in [-0.05, 0) is 0 Å². The van der Waals surface area contributed by atoms with Crippen LogP contribution in [-0.4, -0.2) is 0 Å². The van der Waals surface area contributed by atoms with Crippen molar-refractivity contribution in [2.75, 3.05) is 0 Å². The Balaban J connectivity index is 0.000000411. The van der Waals surface area contributed by atoms with Crippen molar-refractivity contribution in [3.63, 3.8) is 0 Å². The van der Waals surface area contributed by atoms with Crippen LogP contribution < -0.4 is 24.8 Å². The quantitative estimate of drug-likeness (QED) is 0.508. The zero-order chi connectivity index (χ0) is 15.0. The van der Waals surface area contributed by atoms with E-state index >= 15 is 0 Å². The van der Waals surface area contributed by atoms with Crippen LogP contribution in [0.1, 0.15) is 87.2 Å². The summed E-state index contributed by atoms with van der Waals surface area (Å²) in [5.74, 6) is 1.78. The van der Waals surface area contributed by atoms with Crippen LogP contribution in [0.15, 0.2) is 48.5 Å². The molecular weight excluding hydrogens is 383 g/mol. The zero-order valence-corrected chi connectivity index (χ0v) is 18.2. The van der Waals surface area contributed by atoms with Gasteiger partial charge in [0, 0.05) is 0 Å². The molecule has 2 fully saturated rings. The smallest absolute Gasteiger partial charge is 1.00 e. The van der Waals surface area contributed by atoms with Gasteiger partial charge in [-0.3, -0.25) is 0 Å². The van der Waals surface area contributed by atoms with E-state index in [4.69, 9.17) is 0 Å². The summed E-state index contributed by atoms with van der Waals surface area (Å²) in [5, 5.41) is 0. The molecule has 2 aliphatic rings. The van der Waals surface area contributed by atoms with Gasteiger partial charge in [-0.15, -0.1) is 0 Å². The SMILES string of the molecule is [Cl-].[Cl-].[Ti+4].c1cc[c-](C2CCCCC2)c1.c1cc[c-](C2CCCCC2)c1. The molecule has 0 atom stereocenters. The van der Waals surface area contributed by atoms with Gasteiger partial charge in [0.25, 0.3) is 0 Å². The first-order valence-electron chi connectivity index (χ1n) is 9.37. The first-order valence-corrected chi connectivity index (χ1v) is 9.37. The number of hydrogen-bond donors (Lipinski definition) is 0. The van der Waals surface area contributed by atoms with Gasteiger partial charge in [-0.2, -0.15) is 35.4 Å². The molecule has 0 N–H and O–H groups in total. The normalized spacial score (nSPS) is 17.9. The minimum atomic E-state index is 0. The molecular formula is C22H30Cl2Ti. The van der Waals surface area contributed by atoms with Crippen LogP contribution in [0.4, 0.5) is 0 Å². The van der Waals surface area contributed by atoms with Gasteiger partial charge in [0.05, 0.1) is 0 Å². The van der Waals surface area contributed by atoms with Crippen molar-refractivity contribution in [2.45, 2.75) is 76.0 Å². The summed E-state index contributed by atoms with van der Waals surface area (Å²) in [4.78, 5) is 0. The Bertz CT molecular complexity index is 444. The van der Waals surface area contributed by atoms with Gasteiger partial charge < -0.3 is 24.8 Å². The zero-order valence-electron chi connectivity index (χ0n) is 15.1. The minimum absolute atomic E-state index is 0. The van der Waals surface area contributed by atoms with Crippen LogP contribution >= 0.6 is 0 Å². The molecule has 0 nitrogen and oxygen atoms in total. The monoisotopic (exact) mass is 412 g/mol. The maximum atomic E-state index is 2.27. The molecule has 136 valence electrons. The second-order valence-corrected chi connectivity index (χ2v) is 7.11. The van der Waals surface area contributed by atoms with E-state index in [1.807, 2.05) is 0 Å². The molecule has 0 spiro atoms. The van der Waals surface area contributed by atoms with Crippen molar-refractivity contribution in [2.24, 2.45) is 0 Å². The first kappa shape index (κ1) is 25.0. The molecule has 0 aliphatic heterocycles. The maximum Gasteiger partial charge on any atom is 4.00 e. The van der Waals surface area contributed by atoms with E-state index in [0.29, 0.717) is 0 Å². The summed E-state index contributed by atoms with van der Waals surface area (Å²) in [6, 6.07) is 17.7. The molecule has 25 heavy (non-hydrogen) atoms. The van der Waals surface area contributed by atoms with Crippen molar-refractivity contribution in [1.29, 1.82) is 0 Å². The third-order valence-corrected chi connectivity index (χ3v) is 5.53. The Morgan fingerprint density at radius 3 is 1.04 bits per heavy atom. The fourth-order valence-electron chi connectivity index (χ4n) is 4.19. The fourth-order valence-corrected chi connectivity index (χ4v) is 4.19. The summed E-state index contributed by atoms with van der Waals surface area (Å²) >= 11 is 0. The third kappa shape index (κ3) is 8.04. The predicted molar refractivity (Wildman–Crippen MR) is 95.7 cm³/mol. The average molecular weight is 413 g/mol. The first-order chi connectivity index (χ1) is 10.9. The van der Waals surface area contributed by atoms with E-state index in [1.54, 1.807) is 11.1 Å². The van der Waals surface area contributed by atoms with Gasteiger partial charge in [0.1, 0.15) is 0 Å². The molecule has 0 amide bonds. The predicted octanol–water partition coefficient (Wildman–Crippen LogP) is 0.912. The summed E-state index contributed by atoms with van der Waals surface area (Å²) in [6.45, 7) is 0.